The monoisotopic (exact) mass is 403 g/mol. The fourth-order valence-electron chi connectivity index (χ4n) is 3.08. The first-order valence-corrected chi connectivity index (χ1v) is 9.39. The average molecular weight is 403 g/mol. The number of benzene rings is 2. The van der Waals surface area contributed by atoms with Gasteiger partial charge in [-0.1, -0.05) is 18.2 Å². The van der Waals surface area contributed by atoms with Gasteiger partial charge < -0.3 is 14.1 Å². The van der Waals surface area contributed by atoms with Crippen molar-refractivity contribution >= 4 is 17.6 Å². The topological polar surface area (TPSA) is 96.4 Å². The molecule has 1 amide bonds. The predicted molar refractivity (Wildman–Crippen MR) is 111 cm³/mol. The molecule has 152 valence electrons. The molecule has 0 unspecified atom stereocenters. The molecule has 0 bridgehead atoms. The van der Waals surface area contributed by atoms with E-state index < -0.39 is 12.6 Å². The molecule has 0 aliphatic carbocycles. The van der Waals surface area contributed by atoms with Crippen LogP contribution >= 0.6 is 0 Å². The number of ether oxygens (including phenoxy) is 1. The maximum absolute atomic E-state index is 12.7. The molecule has 1 aromatic heterocycles. The average Bonchev–Trinajstić information content (AvgIpc) is 3.26. The first-order valence-electron chi connectivity index (χ1n) is 9.39. The van der Waals surface area contributed by atoms with Gasteiger partial charge in [-0.3, -0.25) is 4.79 Å². The minimum atomic E-state index is -0.604. The van der Waals surface area contributed by atoms with Crippen molar-refractivity contribution in [1.82, 2.24) is 4.98 Å². The molecule has 0 N–H and O–H groups in total. The van der Waals surface area contributed by atoms with E-state index in [0.717, 1.165) is 16.7 Å². The number of carbonyl (C=O) groups excluding carboxylic acids is 2. The number of esters is 1. The summed E-state index contributed by atoms with van der Waals surface area (Å²) in [6.07, 6.45) is 3.08. The second-order valence-corrected chi connectivity index (χ2v) is 6.82. The lowest BCUT2D eigenvalue weighted by Gasteiger charge is -2.22. The van der Waals surface area contributed by atoms with Crippen LogP contribution in [0.25, 0.3) is 11.3 Å². The van der Waals surface area contributed by atoms with Crippen LogP contribution in [-0.2, 0) is 9.53 Å². The van der Waals surface area contributed by atoms with E-state index in [9.17, 15) is 9.59 Å². The lowest BCUT2D eigenvalue weighted by Crippen LogP contribution is -2.35. The minimum Gasteiger partial charge on any atom is -0.452 e. The third-order valence-corrected chi connectivity index (χ3v) is 4.43. The molecular weight excluding hydrogens is 382 g/mol. The summed E-state index contributed by atoms with van der Waals surface area (Å²) in [5.74, 6) is -0.401. The van der Waals surface area contributed by atoms with Crippen molar-refractivity contribution in [3.63, 3.8) is 0 Å². The van der Waals surface area contributed by atoms with E-state index in [2.05, 4.69) is 4.98 Å². The number of hydrogen-bond acceptors (Lipinski definition) is 6. The second kappa shape index (κ2) is 9.52. The van der Waals surface area contributed by atoms with Crippen molar-refractivity contribution in [3.8, 4) is 17.4 Å². The highest BCUT2D eigenvalue weighted by Crippen LogP contribution is 2.21. The van der Waals surface area contributed by atoms with Gasteiger partial charge in [0.2, 0.25) is 0 Å². The Morgan fingerprint density at radius 2 is 1.83 bits per heavy atom. The van der Waals surface area contributed by atoms with Crippen LogP contribution in [0.5, 0.6) is 0 Å². The van der Waals surface area contributed by atoms with Crippen molar-refractivity contribution < 1.29 is 18.7 Å². The molecule has 0 radical (unpaired) electrons. The first-order chi connectivity index (χ1) is 14.5. The van der Waals surface area contributed by atoms with Crippen LogP contribution in [0.2, 0.25) is 0 Å². The molecule has 0 spiro atoms. The third kappa shape index (κ3) is 5.11. The van der Waals surface area contributed by atoms with Gasteiger partial charge in [-0.15, -0.1) is 0 Å². The Kier molecular flexibility index (Phi) is 6.60. The Bertz CT molecular complexity index is 1050. The summed E-state index contributed by atoms with van der Waals surface area (Å²) in [5, 5.41) is 8.93. The molecule has 3 aromatic rings. The van der Waals surface area contributed by atoms with Crippen LogP contribution in [0.4, 0.5) is 5.69 Å². The van der Waals surface area contributed by atoms with Gasteiger partial charge in [0.25, 0.3) is 5.91 Å². The maximum Gasteiger partial charge on any atom is 0.338 e. The standard InChI is InChI=1S/C23H21N3O4/c1-16-10-17(2)12-20(11-16)26(9-3-8-24)22(27)14-29-23(28)19-6-4-18(5-7-19)21-13-25-15-30-21/h4-7,10-13,15H,3,9,14H2,1-2H3. The molecule has 0 fully saturated rings. The third-order valence-electron chi connectivity index (χ3n) is 4.43. The number of aromatic nitrogens is 1. The van der Waals surface area contributed by atoms with Gasteiger partial charge in [-0.25, -0.2) is 9.78 Å². The molecule has 0 aliphatic heterocycles. The van der Waals surface area contributed by atoms with Gasteiger partial charge in [0, 0.05) is 17.8 Å². The van der Waals surface area contributed by atoms with Crippen molar-refractivity contribution in [3.05, 3.63) is 71.7 Å². The van der Waals surface area contributed by atoms with E-state index in [1.807, 2.05) is 38.1 Å². The van der Waals surface area contributed by atoms with E-state index in [0.29, 0.717) is 17.0 Å². The number of oxazole rings is 1. The molecule has 1 heterocycles. The quantitative estimate of drug-likeness (QED) is 0.552. The summed E-state index contributed by atoms with van der Waals surface area (Å²) >= 11 is 0. The fourth-order valence-corrected chi connectivity index (χ4v) is 3.08. The van der Waals surface area contributed by atoms with E-state index in [1.165, 1.54) is 11.3 Å². The number of nitriles is 1. The first kappa shape index (κ1) is 20.8. The summed E-state index contributed by atoms with van der Waals surface area (Å²) in [7, 11) is 0. The van der Waals surface area contributed by atoms with E-state index in [-0.39, 0.29) is 18.9 Å². The number of nitrogens with zero attached hydrogens (tertiary/aromatic N) is 3. The fraction of sp³-hybridized carbons (Fsp3) is 0.217. The van der Waals surface area contributed by atoms with Crippen molar-refractivity contribution in [2.75, 3.05) is 18.1 Å². The molecule has 0 saturated carbocycles. The Morgan fingerprint density at radius 3 is 2.43 bits per heavy atom. The minimum absolute atomic E-state index is 0.176. The van der Waals surface area contributed by atoms with Crippen LogP contribution in [0.3, 0.4) is 0 Å². The lowest BCUT2D eigenvalue weighted by atomic mass is 10.1. The Hall–Kier alpha value is -3.92. The SMILES string of the molecule is Cc1cc(C)cc(N(CCC#N)C(=O)COC(=O)c2ccc(-c3cnco3)cc2)c1. The molecule has 7 heteroatoms. The van der Waals surface area contributed by atoms with Crippen LogP contribution in [0, 0.1) is 25.2 Å². The Morgan fingerprint density at radius 1 is 1.13 bits per heavy atom. The van der Waals surface area contributed by atoms with Gasteiger partial charge in [0.1, 0.15) is 0 Å². The summed E-state index contributed by atoms with van der Waals surface area (Å²) in [5.41, 5.74) is 3.78. The number of carbonyl (C=O) groups is 2. The summed E-state index contributed by atoms with van der Waals surface area (Å²) in [4.78, 5) is 30.4. The summed E-state index contributed by atoms with van der Waals surface area (Å²) in [6.45, 7) is 3.68. The highest BCUT2D eigenvalue weighted by molar-refractivity contribution is 5.97. The van der Waals surface area contributed by atoms with Gasteiger partial charge in [-0.2, -0.15) is 5.26 Å². The highest BCUT2D eigenvalue weighted by Gasteiger charge is 2.19. The smallest absolute Gasteiger partial charge is 0.338 e. The van der Waals surface area contributed by atoms with Gasteiger partial charge in [0.15, 0.2) is 18.8 Å². The summed E-state index contributed by atoms with van der Waals surface area (Å²) in [6, 6.07) is 14.4. The zero-order chi connectivity index (χ0) is 21.5. The molecule has 0 aliphatic rings. The lowest BCUT2D eigenvalue weighted by molar-refractivity contribution is -0.121. The highest BCUT2D eigenvalue weighted by atomic mass is 16.5. The Balaban J connectivity index is 1.67. The molecule has 7 nitrogen and oxygen atoms in total. The normalized spacial score (nSPS) is 10.3. The van der Waals surface area contributed by atoms with Crippen LogP contribution < -0.4 is 4.90 Å². The van der Waals surface area contributed by atoms with Gasteiger partial charge >= 0.3 is 5.97 Å². The Labute approximate surface area is 174 Å². The van der Waals surface area contributed by atoms with Crippen LogP contribution in [-0.4, -0.2) is 30.0 Å². The number of rotatable bonds is 7. The van der Waals surface area contributed by atoms with Gasteiger partial charge in [0.05, 0.1) is 24.3 Å². The molecule has 0 atom stereocenters. The molecular formula is C23H21N3O4. The van der Waals surface area contributed by atoms with E-state index in [1.54, 1.807) is 30.5 Å². The number of hydrogen-bond donors (Lipinski definition) is 0. The van der Waals surface area contributed by atoms with E-state index >= 15 is 0 Å². The molecule has 3 rings (SSSR count). The van der Waals surface area contributed by atoms with Crippen LogP contribution in [0.1, 0.15) is 27.9 Å². The second-order valence-electron chi connectivity index (χ2n) is 6.82. The summed E-state index contributed by atoms with van der Waals surface area (Å²) < 4.78 is 10.4. The maximum atomic E-state index is 12.7. The van der Waals surface area contributed by atoms with E-state index in [4.69, 9.17) is 14.4 Å². The van der Waals surface area contributed by atoms with Crippen LogP contribution in [0.15, 0.2) is 59.5 Å². The zero-order valence-corrected chi connectivity index (χ0v) is 16.8. The molecule has 2 aromatic carbocycles. The molecule has 0 saturated heterocycles. The number of amides is 1. The molecule has 30 heavy (non-hydrogen) atoms. The van der Waals surface area contributed by atoms with Crippen molar-refractivity contribution in [2.45, 2.75) is 20.3 Å². The van der Waals surface area contributed by atoms with Crippen molar-refractivity contribution in [2.24, 2.45) is 0 Å². The predicted octanol–water partition coefficient (Wildman–Crippen LogP) is 4.06. The zero-order valence-electron chi connectivity index (χ0n) is 16.8. The van der Waals surface area contributed by atoms with Crippen molar-refractivity contribution in [1.29, 1.82) is 5.26 Å². The number of aryl methyl sites for hydroxylation is 2. The van der Waals surface area contributed by atoms with Gasteiger partial charge in [-0.05, 0) is 49.2 Å². The largest absolute Gasteiger partial charge is 0.452 e. The number of anilines is 1.